The van der Waals surface area contributed by atoms with E-state index < -0.39 is 0 Å². The van der Waals surface area contributed by atoms with E-state index >= 15 is 0 Å². The lowest BCUT2D eigenvalue weighted by atomic mass is 10.0. The molecule has 1 fully saturated rings. The van der Waals surface area contributed by atoms with E-state index in [0.717, 1.165) is 17.4 Å². The Morgan fingerprint density at radius 1 is 1.53 bits per heavy atom. The van der Waals surface area contributed by atoms with E-state index in [0.29, 0.717) is 6.04 Å². The molecule has 0 bridgehead atoms. The Morgan fingerprint density at radius 3 is 2.87 bits per heavy atom. The predicted molar refractivity (Wildman–Crippen MR) is 64.1 cm³/mol. The highest BCUT2D eigenvalue weighted by molar-refractivity contribution is 7.99. The van der Waals surface area contributed by atoms with Gasteiger partial charge >= 0.3 is 0 Å². The normalized spacial score (nSPS) is 19.6. The minimum atomic E-state index is 0.354. The number of hydrogen-bond donors (Lipinski definition) is 1. The van der Waals surface area contributed by atoms with Gasteiger partial charge in [-0.1, -0.05) is 12.8 Å². The van der Waals surface area contributed by atoms with Crippen molar-refractivity contribution in [3.8, 4) is 0 Å². The first-order valence-electron chi connectivity index (χ1n) is 5.70. The molecule has 3 heteroatoms. The Morgan fingerprint density at radius 2 is 2.27 bits per heavy atom. The van der Waals surface area contributed by atoms with Crippen molar-refractivity contribution in [3.63, 3.8) is 0 Å². The van der Waals surface area contributed by atoms with Gasteiger partial charge in [0.05, 0.1) is 6.26 Å². The van der Waals surface area contributed by atoms with Gasteiger partial charge in [-0.05, 0) is 31.7 Å². The van der Waals surface area contributed by atoms with Crippen LogP contribution in [-0.4, -0.2) is 11.8 Å². The van der Waals surface area contributed by atoms with Crippen LogP contribution >= 0.6 is 11.8 Å². The highest BCUT2D eigenvalue weighted by Crippen LogP contribution is 2.30. The molecular weight excluding hydrogens is 206 g/mol. The number of thioether (sulfide) groups is 1. The van der Waals surface area contributed by atoms with Crippen LogP contribution in [0.25, 0.3) is 0 Å². The Hall–Kier alpha value is -0.410. The molecule has 2 nitrogen and oxygen atoms in total. The molecule has 2 rings (SSSR count). The average Bonchev–Trinajstić information content (AvgIpc) is 2.85. The summed E-state index contributed by atoms with van der Waals surface area (Å²) in [5.74, 6) is 2.79. The fraction of sp³-hybridized carbons (Fsp3) is 0.667. The molecule has 1 aromatic heterocycles. The van der Waals surface area contributed by atoms with Crippen LogP contribution in [0.2, 0.25) is 0 Å². The monoisotopic (exact) mass is 225 g/mol. The molecule has 15 heavy (non-hydrogen) atoms. The fourth-order valence-corrected chi connectivity index (χ4v) is 3.28. The van der Waals surface area contributed by atoms with E-state index in [4.69, 9.17) is 10.2 Å². The molecule has 1 aliphatic rings. The maximum Gasteiger partial charge on any atom is 0.114 e. The van der Waals surface area contributed by atoms with E-state index in [1.807, 2.05) is 24.8 Å². The smallest absolute Gasteiger partial charge is 0.114 e. The second-order valence-corrected chi connectivity index (χ2v) is 5.42. The van der Waals surface area contributed by atoms with E-state index in [-0.39, 0.29) is 0 Å². The van der Waals surface area contributed by atoms with Crippen LogP contribution in [0.1, 0.15) is 31.4 Å². The first-order valence-corrected chi connectivity index (χ1v) is 6.68. The lowest BCUT2D eigenvalue weighted by molar-refractivity contribution is 0.463. The van der Waals surface area contributed by atoms with Crippen molar-refractivity contribution in [2.45, 2.75) is 43.5 Å². The summed E-state index contributed by atoms with van der Waals surface area (Å²) in [4.78, 5) is 1.24. The van der Waals surface area contributed by atoms with Crippen LogP contribution in [0.5, 0.6) is 0 Å². The molecule has 1 saturated carbocycles. The van der Waals surface area contributed by atoms with Crippen molar-refractivity contribution in [3.05, 3.63) is 18.1 Å². The van der Waals surface area contributed by atoms with Crippen LogP contribution in [0, 0.1) is 12.8 Å². The summed E-state index contributed by atoms with van der Waals surface area (Å²) in [6.07, 6.45) is 7.14. The summed E-state index contributed by atoms with van der Waals surface area (Å²) in [5.41, 5.74) is 6.19. The van der Waals surface area contributed by atoms with Gasteiger partial charge in [0.25, 0.3) is 0 Å². The Balaban J connectivity index is 1.80. The van der Waals surface area contributed by atoms with Gasteiger partial charge in [-0.15, -0.1) is 11.8 Å². The number of rotatable bonds is 4. The third-order valence-electron chi connectivity index (χ3n) is 3.25. The quantitative estimate of drug-likeness (QED) is 0.800. The molecule has 0 radical (unpaired) electrons. The van der Waals surface area contributed by atoms with Gasteiger partial charge in [0.1, 0.15) is 5.76 Å². The van der Waals surface area contributed by atoms with Gasteiger partial charge < -0.3 is 10.2 Å². The van der Waals surface area contributed by atoms with Gasteiger partial charge in [0.15, 0.2) is 0 Å². The summed E-state index contributed by atoms with van der Waals surface area (Å²) in [7, 11) is 0. The molecule has 0 amide bonds. The molecule has 0 spiro atoms. The van der Waals surface area contributed by atoms with Gasteiger partial charge in [-0.3, -0.25) is 0 Å². The van der Waals surface area contributed by atoms with Crippen LogP contribution in [-0.2, 0) is 0 Å². The molecule has 1 atom stereocenters. The molecule has 1 unspecified atom stereocenters. The largest absolute Gasteiger partial charge is 0.468 e. The van der Waals surface area contributed by atoms with Crippen molar-refractivity contribution in [1.82, 2.24) is 0 Å². The standard InChI is InChI=1S/C12H19NOS/c1-9-12(6-7-14-9)15-8-11(13)10-4-2-3-5-10/h6-7,10-11H,2-5,8,13H2,1H3. The SMILES string of the molecule is Cc1occc1SCC(N)C1CCCC1. The van der Waals surface area contributed by atoms with Crippen molar-refractivity contribution >= 4 is 11.8 Å². The zero-order valence-corrected chi connectivity index (χ0v) is 10.1. The minimum absolute atomic E-state index is 0.354. The average molecular weight is 225 g/mol. The fourth-order valence-electron chi connectivity index (χ4n) is 2.23. The van der Waals surface area contributed by atoms with E-state index in [2.05, 4.69) is 0 Å². The van der Waals surface area contributed by atoms with Gasteiger partial charge in [0.2, 0.25) is 0 Å². The molecule has 1 aromatic rings. The van der Waals surface area contributed by atoms with E-state index in [9.17, 15) is 0 Å². The summed E-state index contributed by atoms with van der Waals surface area (Å²) in [6, 6.07) is 2.38. The summed E-state index contributed by atoms with van der Waals surface area (Å²) >= 11 is 1.83. The topological polar surface area (TPSA) is 39.2 Å². The first-order chi connectivity index (χ1) is 7.27. The predicted octanol–water partition coefficient (Wildman–Crippen LogP) is 3.20. The molecule has 0 saturated heterocycles. The highest BCUT2D eigenvalue weighted by Gasteiger charge is 2.22. The summed E-state index contributed by atoms with van der Waals surface area (Å²) in [6.45, 7) is 2.00. The second-order valence-electron chi connectivity index (χ2n) is 4.36. The Labute approximate surface area is 95.6 Å². The number of aryl methyl sites for hydroxylation is 1. The van der Waals surface area contributed by atoms with E-state index in [1.54, 1.807) is 6.26 Å². The molecule has 1 aliphatic carbocycles. The third kappa shape index (κ3) is 2.79. The molecular formula is C12H19NOS. The zero-order valence-electron chi connectivity index (χ0n) is 9.24. The third-order valence-corrected chi connectivity index (χ3v) is 4.53. The number of hydrogen-bond acceptors (Lipinski definition) is 3. The lowest BCUT2D eigenvalue weighted by Gasteiger charge is -2.17. The molecule has 1 heterocycles. The van der Waals surface area contributed by atoms with Crippen molar-refractivity contribution < 1.29 is 4.42 Å². The molecule has 2 N–H and O–H groups in total. The van der Waals surface area contributed by atoms with Crippen LogP contribution in [0.4, 0.5) is 0 Å². The van der Waals surface area contributed by atoms with Gasteiger partial charge in [0, 0.05) is 16.7 Å². The van der Waals surface area contributed by atoms with Crippen molar-refractivity contribution in [2.75, 3.05) is 5.75 Å². The Kier molecular flexibility index (Phi) is 3.76. The Bertz CT molecular complexity index is 304. The maximum absolute atomic E-state index is 6.19. The van der Waals surface area contributed by atoms with Crippen molar-refractivity contribution in [1.29, 1.82) is 0 Å². The molecule has 0 aromatic carbocycles. The van der Waals surface area contributed by atoms with Gasteiger partial charge in [-0.25, -0.2) is 0 Å². The van der Waals surface area contributed by atoms with Crippen molar-refractivity contribution in [2.24, 2.45) is 11.7 Å². The summed E-state index contributed by atoms with van der Waals surface area (Å²) < 4.78 is 5.26. The highest BCUT2D eigenvalue weighted by atomic mass is 32.2. The zero-order chi connectivity index (χ0) is 10.7. The minimum Gasteiger partial charge on any atom is -0.468 e. The lowest BCUT2D eigenvalue weighted by Crippen LogP contribution is -2.30. The number of furan rings is 1. The van der Waals surface area contributed by atoms with E-state index in [1.165, 1.54) is 30.6 Å². The van der Waals surface area contributed by atoms with Gasteiger partial charge in [-0.2, -0.15) is 0 Å². The van der Waals surface area contributed by atoms with Crippen LogP contribution in [0.3, 0.4) is 0 Å². The maximum atomic E-state index is 6.19. The van der Waals surface area contributed by atoms with Crippen LogP contribution in [0.15, 0.2) is 21.6 Å². The van der Waals surface area contributed by atoms with Crippen LogP contribution < -0.4 is 5.73 Å². The molecule has 0 aliphatic heterocycles. The second kappa shape index (κ2) is 5.08. The molecule has 84 valence electrons. The first kappa shape index (κ1) is 11.1. The summed E-state index contributed by atoms with van der Waals surface area (Å²) in [5, 5.41) is 0. The number of nitrogens with two attached hydrogens (primary N) is 1.